The fraction of sp³-hybridized carbons (Fsp3) is 0.588. The maximum absolute atomic E-state index is 13.6. The van der Waals surface area contributed by atoms with E-state index in [1.54, 1.807) is 4.90 Å². The maximum atomic E-state index is 13.6. The van der Waals surface area contributed by atoms with E-state index in [9.17, 15) is 13.6 Å². The summed E-state index contributed by atoms with van der Waals surface area (Å²) in [5.74, 6) is 0.0681. The molecule has 0 aromatic carbocycles. The number of piperidine rings is 1. The molecule has 8 heteroatoms. The fourth-order valence-corrected chi connectivity index (χ4v) is 3.86. The molecule has 2 aliphatic heterocycles. The molecule has 6 nitrogen and oxygen atoms in total. The van der Waals surface area contributed by atoms with Crippen LogP contribution < -0.4 is 4.90 Å². The molecule has 1 aromatic rings. The predicted molar refractivity (Wildman–Crippen MR) is 87.2 cm³/mol. The number of carbonyl (C=O) groups is 1. The van der Waals surface area contributed by atoms with Gasteiger partial charge >= 0.3 is 6.09 Å². The van der Waals surface area contributed by atoms with E-state index in [0.29, 0.717) is 12.4 Å². The smallest absolute Gasteiger partial charge is 0.410 e. The Kier molecular flexibility index (Phi) is 4.27. The molecular weight excluding hydrogens is 330 g/mol. The number of terminal acetylenes is 1. The summed E-state index contributed by atoms with van der Waals surface area (Å²) < 4.78 is 32.0. The van der Waals surface area contributed by atoms with Crippen LogP contribution >= 0.6 is 0 Å². The first kappa shape index (κ1) is 17.4. The average Bonchev–Trinajstić information content (AvgIpc) is 2.90. The van der Waals surface area contributed by atoms with Gasteiger partial charge in [0, 0.05) is 31.5 Å². The van der Waals surface area contributed by atoms with Crippen molar-refractivity contribution >= 4 is 11.9 Å². The first-order valence-electron chi connectivity index (χ1n) is 8.07. The first-order chi connectivity index (χ1) is 11.8. The summed E-state index contributed by atoms with van der Waals surface area (Å²) in [6, 6.07) is 0.719. The summed E-state index contributed by atoms with van der Waals surface area (Å²) in [5, 5.41) is 0. The van der Waals surface area contributed by atoms with Crippen molar-refractivity contribution in [2.45, 2.75) is 44.3 Å². The molecule has 0 spiro atoms. The number of carbonyl (C=O) groups excluding carboxylic acids is 1. The minimum Gasteiger partial charge on any atom is -0.453 e. The molecule has 1 unspecified atom stereocenters. The van der Waals surface area contributed by atoms with Crippen LogP contribution in [0.25, 0.3) is 0 Å². The molecule has 3 heterocycles. The Labute approximate surface area is 145 Å². The Morgan fingerprint density at radius 2 is 2.20 bits per heavy atom. The van der Waals surface area contributed by atoms with Gasteiger partial charge in [-0.05, 0) is 13.3 Å². The quantitative estimate of drug-likeness (QED) is 0.766. The molecular formula is C17H20F2N4O2. The van der Waals surface area contributed by atoms with Gasteiger partial charge in [0.25, 0.3) is 5.92 Å². The van der Waals surface area contributed by atoms with E-state index in [2.05, 4.69) is 15.9 Å². The van der Waals surface area contributed by atoms with Crippen LogP contribution in [0.3, 0.4) is 0 Å². The molecule has 0 aliphatic carbocycles. The first-order valence-corrected chi connectivity index (χ1v) is 8.07. The summed E-state index contributed by atoms with van der Waals surface area (Å²) in [4.78, 5) is 23.5. The van der Waals surface area contributed by atoms with E-state index in [4.69, 9.17) is 11.2 Å². The number of hydrogen-bond acceptors (Lipinski definition) is 5. The summed E-state index contributed by atoms with van der Waals surface area (Å²) in [7, 11) is 1.32. The number of rotatable bonds is 2. The van der Waals surface area contributed by atoms with Crippen LogP contribution in [0.5, 0.6) is 0 Å². The number of nitrogens with zero attached hydrogens (tertiary/aromatic N) is 4. The average molecular weight is 350 g/mol. The van der Waals surface area contributed by atoms with E-state index in [1.807, 2.05) is 11.8 Å². The third kappa shape index (κ3) is 2.88. The SMILES string of the molecule is C#C[C@H]1[C@H]2C[C@H](CN(c3cc(C(C)(F)F)ncn3)C2C)N1C(=O)OC. The van der Waals surface area contributed by atoms with E-state index in [0.717, 1.165) is 19.7 Å². The van der Waals surface area contributed by atoms with Crippen LogP contribution in [0.2, 0.25) is 0 Å². The molecule has 1 amide bonds. The van der Waals surface area contributed by atoms with Crippen molar-refractivity contribution in [3.8, 4) is 12.3 Å². The largest absolute Gasteiger partial charge is 0.453 e. The third-order valence-corrected chi connectivity index (χ3v) is 5.11. The topological polar surface area (TPSA) is 58.6 Å². The number of likely N-dealkylation sites (tertiary alicyclic amines) is 1. The highest BCUT2D eigenvalue weighted by atomic mass is 19.3. The van der Waals surface area contributed by atoms with Gasteiger partial charge in [-0.1, -0.05) is 5.92 Å². The maximum Gasteiger partial charge on any atom is 0.410 e. The summed E-state index contributed by atoms with van der Waals surface area (Å²) >= 11 is 0. The van der Waals surface area contributed by atoms with Crippen molar-refractivity contribution in [2.24, 2.45) is 5.92 Å². The predicted octanol–water partition coefficient (Wildman–Crippen LogP) is 2.26. The van der Waals surface area contributed by atoms with Crippen molar-refractivity contribution in [2.75, 3.05) is 18.6 Å². The molecule has 2 aliphatic rings. The highest BCUT2D eigenvalue weighted by molar-refractivity contribution is 5.70. The molecule has 2 saturated heterocycles. The van der Waals surface area contributed by atoms with Gasteiger partial charge in [0.2, 0.25) is 0 Å². The van der Waals surface area contributed by atoms with Crippen LogP contribution in [0.15, 0.2) is 12.4 Å². The third-order valence-electron chi connectivity index (χ3n) is 5.11. The van der Waals surface area contributed by atoms with Crippen LogP contribution in [0.1, 0.15) is 26.0 Å². The number of ether oxygens (including phenoxy) is 1. The fourth-order valence-electron chi connectivity index (χ4n) is 3.86. The van der Waals surface area contributed by atoms with Gasteiger partial charge in [0.05, 0.1) is 13.2 Å². The zero-order valence-corrected chi connectivity index (χ0v) is 14.3. The lowest BCUT2D eigenvalue weighted by Crippen LogP contribution is -2.48. The number of amides is 1. The summed E-state index contributed by atoms with van der Waals surface area (Å²) in [6.45, 7) is 3.23. The van der Waals surface area contributed by atoms with E-state index >= 15 is 0 Å². The van der Waals surface area contributed by atoms with Gasteiger partial charge in [-0.15, -0.1) is 6.42 Å². The number of aromatic nitrogens is 2. The highest BCUT2D eigenvalue weighted by Gasteiger charge is 2.51. The number of fused-ring (bicyclic) bond motifs is 2. The zero-order valence-electron chi connectivity index (χ0n) is 14.3. The normalized spacial score (nSPS) is 28.6. The molecule has 0 radical (unpaired) electrons. The van der Waals surface area contributed by atoms with Gasteiger partial charge < -0.3 is 9.64 Å². The van der Waals surface area contributed by atoms with Crippen LogP contribution in [-0.2, 0) is 10.7 Å². The molecule has 2 fully saturated rings. The van der Waals surface area contributed by atoms with Gasteiger partial charge in [-0.2, -0.15) is 8.78 Å². The van der Waals surface area contributed by atoms with Crippen molar-refractivity contribution in [1.29, 1.82) is 0 Å². The van der Waals surface area contributed by atoms with Gasteiger partial charge in [0.1, 0.15) is 23.9 Å². The summed E-state index contributed by atoms with van der Waals surface area (Å²) in [5.41, 5.74) is -0.332. The van der Waals surface area contributed by atoms with Crippen LogP contribution in [0.4, 0.5) is 19.4 Å². The molecule has 0 N–H and O–H groups in total. The molecule has 3 rings (SSSR count). The summed E-state index contributed by atoms with van der Waals surface area (Å²) in [6.07, 6.45) is 7.09. The Morgan fingerprint density at radius 1 is 1.48 bits per heavy atom. The molecule has 2 bridgehead atoms. The monoisotopic (exact) mass is 350 g/mol. The second kappa shape index (κ2) is 6.14. The molecule has 0 saturated carbocycles. The van der Waals surface area contributed by atoms with E-state index in [1.165, 1.54) is 13.2 Å². The Balaban J connectivity index is 1.94. The highest BCUT2D eigenvalue weighted by Crippen LogP contribution is 2.41. The number of halogens is 2. The zero-order chi connectivity index (χ0) is 18.4. The van der Waals surface area contributed by atoms with Crippen molar-refractivity contribution in [3.63, 3.8) is 0 Å². The lowest BCUT2D eigenvalue weighted by Gasteiger charge is -2.38. The number of anilines is 1. The Hall–Kier alpha value is -2.43. The number of methoxy groups -OCH3 is 1. The van der Waals surface area contributed by atoms with Crippen molar-refractivity contribution in [3.05, 3.63) is 18.1 Å². The molecule has 134 valence electrons. The van der Waals surface area contributed by atoms with Gasteiger partial charge in [0.15, 0.2) is 0 Å². The molecule has 4 atom stereocenters. The Morgan fingerprint density at radius 3 is 2.80 bits per heavy atom. The molecule has 1 aromatic heterocycles. The Bertz CT molecular complexity index is 715. The van der Waals surface area contributed by atoms with Gasteiger partial charge in [-0.3, -0.25) is 4.90 Å². The van der Waals surface area contributed by atoms with Crippen LogP contribution in [0, 0.1) is 18.3 Å². The molecule has 25 heavy (non-hydrogen) atoms. The van der Waals surface area contributed by atoms with Gasteiger partial charge in [-0.25, -0.2) is 14.8 Å². The minimum absolute atomic E-state index is 0.0170. The second-order valence-corrected chi connectivity index (χ2v) is 6.58. The lowest BCUT2D eigenvalue weighted by molar-refractivity contribution is 0.0126. The van der Waals surface area contributed by atoms with E-state index < -0.39 is 12.0 Å². The van der Waals surface area contributed by atoms with Crippen molar-refractivity contribution < 1.29 is 18.3 Å². The van der Waals surface area contributed by atoms with E-state index in [-0.39, 0.29) is 29.7 Å². The second-order valence-electron chi connectivity index (χ2n) is 6.58. The standard InChI is InChI=1S/C17H20F2N4O2/c1-5-13-12-6-11(23(13)16(24)25-4)8-22(10(12)2)15-7-14(17(3,18)19)20-9-21-15/h1,7,9-13H,6,8H2,2-4H3/t10?,11-,12+,13+/m1/s1. The number of hydrogen-bond donors (Lipinski definition) is 0. The van der Waals surface area contributed by atoms with Crippen LogP contribution in [-0.4, -0.2) is 52.7 Å². The van der Waals surface area contributed by atoms with Crippen molar-refractivity contribution in [1.82, 2.24) is 14.9 Å². The lowest BCUT2D eigenvalue weighted by atomic mass is 9.87. The minimum atomic E-state index is -3.05. The number of alkyl halides is 2.